The zero-order valence-corrected chi connectivity index (χ0v) is 12.6. The number of piperidine rings is 1. The summed E-state index contributed by atoms with van der Waals surface area (Å²) in [6, 6.07) is 9.22. The maximum Gasteiger partial charge on any atom is 0.321 e. The van der Waals surface area contributed by atoms with Crippen molar-refractivity contribution in [3.8, 4) is 0 Å². The van der Waals surface area contributed by atoms with Crippen molar-refractivity contribution in [3.05, 3.63) is 35.9 Å². The van der Waals surface area contributed by atoms with Crippen molar-refractivity contribution >= 4 is 23.6 Å². The Labute approximate surface area is 128 Å². The number of likely N-dealkylation sites (tertiary alicyclic amines) is 1. The van der Waals surface area contributed by atoms with Crippen molar-refractivity contribution in [1.82, 2.24) is 4.90 Å². The SMILES string of the molecule is NCC(=O)N1CCCC(SC(C(=O)O)c2ccccc2)C1. The molecule has 1 amide bonds. The molecule has 0 radical (unpaired) electrons. The third-order valence-corrected chi connectivity index (χ3v) is 5.08. The van der Waals surface area contributed by atoms with E-state index in [0.717, 1.165) is 24.9 Å². The first-order chi connectivity index (χ1) is 10.1. The first kappa shape index (κ1) is 15.9. The lowest BCUT2D eigenvalue weighted by atomic mass is 10.1. The fourth-order valence-corrected chi connectivity index (χ4v) is 3.89. The molecule has 1 aliphatic rings. The Morgan fingerprint density at radius 2 is 2.10 bits per heavy atom. The van der Waals surface area contributed by atoms with Crippen LogP contribution < -0.4 is 5.73 Å². The van der Waals surface area contributed by atoms with Crippen LogP contribution in [0.4, 0.5) is 0 Å². The van der Waals surface area contributed by atoms with Crippen LogP contribution in [0.2, 0.25) is 0 Å². The van der Waals surface area contributed by atoms with Crippen molar-refractivity contribution < 1.29 is 14.7 Å². The highest BCUT2D eigenvalue weighted by Gasteiger charge is 2.29. The minimum absolute atomic E-state index is 0.0123. The van der Waals surface area contributed by atoms with Crippen LogP contribution in [0.25, 0.3) is 0 Å². The van der Waals surface area contributed by atoms with Gasteiger partial charge >= 0.3 is 5.97 Å². The summed E-state index contributed by atoms with van der Waals surface area (Å²) < 4.78 is 0. The minimum Gasteiger partial charge on any atom is -0.480 e. The van der Waals surface area contributed by atoms with Crippen LogP contribution in [-0.4, -0.2) is 46.8 Å². The monoisotopic (exact) mass is 308 g/mol. The molecule has 0 aliphatic carbocycles. The maximum absolute atomic E-state index is 11.7. The lowest BCUT2D eigenvalue weighted by Crippen LogP contribution is -2.44. The van der Waals surface area contributed by atoms with Crippen molar-refractivity contribution in [2.45, 2.75) is 23.3 Å². The number of hydrogen-bond acceptors (Lipinski definition) is 4. The predicted molar refractivity (Wildman–Crippen MR) is 83.1 cm³/mol. The van der Waals surface area contributed by atoms with Crippen LogP contribution in [0.15, 0.2) is 30.3 Å². The van der Waals surface area contributed by atoms with Crippen LogP contribution in [0.5, 0.6) is 0 Å². The van der Waals surface area contributed by atoms with E-state index < -0.39 is 11.2 Å². The van der Waals surface area contributed by atoms with Crippen molar-refractivity contribution in [2.24, 2.45) is 5.73 Å². The van der Waals surface area contributed by atoms with E-state index >= 15 is 0 Å². The molecule has 1 fully saturated rings. The maximum atomic E-state index is 11.7. The van der Waals surface area contributed by atoms with Crippen molar-refractivity contribution in [3.63, 3.8) is 0 Å². The second kappa shape index (κ2) is 7.47. The van der Waals surface area contributed by atoms with Gasteiger partial charge in [0.2, 0.25) is 5.91 Å². The fourth-order valence-electron chi connectivity index (χ4n) is 2.50. The van der Waals surface area contributed by atoms with E-state index in [1.807, 2.05) is 30.3 Å². The normalized spacial score (nSPS) is 20.0. The van der Waals surface area contributed by atoms with E-state index in [-0.39, 0.29) is 17.7 Å². The standard InChI is InChI=1S/C15H20N2O3S/c16-9-13(18)17-8-4-7-12(10-17)21-14(15(19)20)11-5-2-1-3-6-11/h1-3,5-6,12,14H,4,7-10,16H2,(H,19,20). The highest BCUT2D eigenvalue weighted by atomic mass is 32.2. The Morgan fingerprint density at radius 3 is 2.71 bits per heavy atom. The molecule has 1 aliphatic heterocycles. The first-order valence-corrected chi connectivity index (χ1v) is 7.97. The van der Waals surface area contributed by atoms with Gasteiger partial charge in [0.15, 0.2) is 0 Å². The van der Waals surface area contributed by atoms with Crippen LogP contribution >= 0.6 is 11.8 Å². The Kier molecular flexibility index (Phi) is 5.64. The Hall–Kier alpha value is -1.53. The molecular weight excluding hydrogens is 288 g/mol. The Balaban J connectivity index is 2.04. The summed E-state index contributed by atoms with van der Waals surface area (Å²) in [4.78, 5) is 24.9. The molecular formula is C15H20N2O3S. The third-order valence-electron chi connectivity index (χ3n) is 3.56. The van der Waals surface area contributed by atoms with E-state index in [1.54, 1.807) is 4.90 Å². The molecule has 5 nitrogen and oxygen atoms in total. The fraction of sp³-hybridized carbons (Fsp3) is 0.467. The van der Waals surface area contributed by atoms with Crippen molar-refractivity contribution in [1.29, 1.82) is 0 Å². The molecule has 2 atom stereocenters. The number of hydrogen-bond donors (Lipinski definition) is 2. The topological polar surface area (TPSA) is 83.6 Å². The second-order valence-electron chi connectivity index (χ2n) is 5.07. The smallest absolute Gasteiger partial charge is 0.321 e. The number of rotatable bonds is 5. The molecule has 0 saturated carbocycles. The molecule has 1 heterocycles. The number of carbonyl (C=O) groups is 2. The number of nitrogens with two attached hydrogens (primary N) is 1. The van der Waals surface area contributed by atoms with Gasteiger partial charge in [-0.1, -0.05) is 30.3 Å². The number of carboxylic acids is 1. The molecule has 114 valence electrons. The molecule has 3 N–H and O–H groups in total. The van der Waals surface area contributed by atoms with E-state index in [4.69, 9.17) is 5.73 Å². The molecule has 1 aromatic carbocycles. The van der Waals surface area contributed by atoms with Gasteiger partial charge in [0.1, 0.15) is 5.25 Å². The van der Waals surface area contributed by atoms with Crippen molar-refractivity contribution in [2.75, 3.05) is 19.6 Å². The number of benzene rings is 1. The van der Waals surface area contributed by atoms with Gasteiger partial charge in [-0.15, -0.1) is 11.8 Å². The molecule has 0 spiro atoms. The quantitative estimate of drug-likeness (QED) is 0.861. The van der Waals surface area contributed by atoms with Crippen LogP contribution in [0.3, 0.4) is 0 Å². The molecule has 21 heavy (non-hydrogen) atoms. The molecule has 6 heteroatoms. The Bertz CT molecular complexity index is 495. The van der Waals surface area contributed by atoms with Gasteiger partial charge in [-0.2, -0.15) is 0 Å². The summed E-state index contributed by atoms with van der Waals surface area (Å²) in [5, 5.41) is 9.00. The number of thioether (sulfide) groups is 1. The lowest BCUT2D eigenvalue weighted by molar-refractivity contribution is -0.136. The molecule has 1 aromatic rings. The summed E-state index contributed by atoms with van der Waals surface area (Å²) in [5.41, 5.74) is 6.19. The molecule has 0 aromatic heterocycles. The largest absolute Gasteiger partial charge is 0.480 e. The van der Waals surface area contributed by atoms with E-state index in [2.05, 4.69) is 0 Å². The number of amides is 1. The molecule has 1 saturated heterocycles. The summed E-state index contributed by atoms with van der Waals surface area (Å²) in [6.45, 7) is 1.31. The van der Waals surface area contributed by atoms with Gasteiger partial charge in [-0.05, 0) is 18.4 Å². The average molecular weight is 308 g/mol. The van der Waals surface area contributed by atoms with E-state index in [0.29, 0.717) is 6.54 Å². The first-order valence-electron chi connectivity index (χ1n) is 7.03. The predicted octanol–water partition coefficient (Wildman–Crippen LogP) is 1.50. The van der Waals surface area contributed by atoms with E-state index in [1.165, 1.54) is 11.8 Å². The summed E-state index contributed by atoms with van der Waals surface area (Å²) in [5.74, 6) is -0.902. The summed E-state index contributed by atoms with van der Waals surface area (Å²) in [7, 11) is 0. The van der Waals surface area contributed by atoms with Gasteiger partial charge in [-0.25, -0.2) is 0 Å². The zero-order valence-electron chi connectivity index (χ0n) is 11.8. The van der Waals surface area contributed by atoms with Gasteiger partial charge in [-0.3, -0.25) is 9.59 Å². The highest BCUT2D eigenvalue weighted by molar-refractivity contribution is 8.00. The van der Waals surface area contributed by atoms with Gasteiger partial charge in [0.25, 0.3) is 0 Å². The van der Waals surface area contributed by atoms with E-state index in [9.17, 15) is 14.7 Å². The lowest BCUT2D eigenvalue weighted by Gasteiger charge is -2.33. The summed E-state index contributed by atoms with van der Waals surface area (Å²) >= 11 is 1.42. The van der Waals surface area contributed by atoms with Gasteiger partial charge < -0.3 is 15.7 Å². The second-order valence-corrected chi connectivity index (χ2v) is 6.48. The summed E-state index contributed by atoms with van der Waals surface area (Å²) in [6.07, 6.45) is 1.82. The average Bonchev–Trinajstić information content (AvgIpc) is 2.52. The number of aliphatic carboxylic acids is 1. The third kappa shape index (κ3) is 4.22. The number of nitrogens with zero attached hydrogens (tertiary/aromatic N) is 1. The van der Waals surface area contributed by atoms with Crippen LogP contribution in [0, 0.1) is 0 Å². The van der Waals surface area contributed by atoms with Crippen LogP contribution in [0.1, 0.15) is 23.7 Å². The molecule has 2 unspecified atom stereocenters. The highest BCUT2D eigenvalue weighted by Crippen LogP contribution is 2.36. The Morgan fingerprint density at radius 1 is 1.38 bits per heavy atom. The zero-order chi connectivity index (χ0) is 15.2. The molecule has 2 rings (SSSR count). The minimum atomic E-state index is -0.839. The number of carboxylic acid groups (broad SMARTS) is 1. The van der Waals surface area contributed by atoms with Gasteiger partial charge in [0.05, 0.1) is 6.54 Å². The van der Waals surface area contributed by atoms with Gasteiger partial charge in [0, 0.05) is 18.3 Å². The molecule has 0 bridgehead atoms. The number of carbonyl (C=O) groups excluding carboxylic acids is 1. The van der Waals surface area contributed by atoms with Crippen LogP contribution in [-0.2, 0) is 9.59 Å².